The van der Waals surface area contributed by atoms with Crippen LogP contribution in [-0.2, 0) is 14.6 Å². The molecule has 0 heterocycles. The number of carbonyl (C=O) groups excluding carboxylic acids is 2. The summed E-state index contributed by atoms with van der Waals surface area (Å²) in [7, 11) is -0.354. The Kier molecular flexibility index (Phi) is 8.96. The van der Waals surface area contributed by atoms with Crippen molar-refractivity contribution >= 4 is 73.5 Å². The van der Waals surface area contributed by atoms with E-state index < -0.39 is 32.7 Å². The van der Waals surface area contributed by atoms with Crippen molar-refractivity contribution in [2.75, 3.05) is 29.6 Å². The second kappa shape index (κ2) is 11.6. The van der Waals surface area contributed by atoms with E-state index >= 15 is 0 Å². The third-order valence-corrected chi connectivity index (χ3v) is 8.77. The van der Waals surface area contributed by atoms with E-state index in [-0.39, 0.29) is 43.3 Å². The third-order valence-electron chi connectivity index (χ3n) is 5.49. The minimum absolute atomic E-state index is 0.00495. The largest absolute Gasteiger partial charge is 0.506 e. The lowest BCUT2D eigenvalue weighted by molar-refractivity contribution is -0.115. The van der Waals surface area contributed by atoms with Crippen LogP contribution in [0.25, 0.3) is 0 Å². The van der Waals surface area contributed by atoms with Crippen LogP contribution in [-0.4, -0.2) is 44.7 Å². The van der Waals surface area contributed by atoms with E-state index in [2.05, 4.69) is 10.6 Å². The minimum atomic E-state index is -4.01. The Bertz CT molecular complexity index is 1440. The molecule has 37 heavy (non-hydrogen) atoms. The number of benzene rings is 3. The Morgan fingerprint density at radius 1 is 0.892 bits per heavy atom. The quantitative estimate of drug-likeness (QED) is 0.286. The van der Waals surface area contributed by atoms with Crippen LogP contribution in [0, 0.1) is 0 Å². The minimum Gasteiger partial charge on any atom is -0.506 e. The van der Waals surface area contributed by atoms with E-state index in [4.69, 9.17) is 34.8 Å². The van der Waals surface area contributed by atoms with Crippen LogP contribution >= 0.6 is 34.8 Å². The normalized spacial score (nSPS) is 12.1. The monoisotopic (exact) mass is 583 g/mol. The lowest BCUT2D eigenvalue weighted by Crippen LogP contribution is -2.34. The maximum atomic E-state index is 13.2. The van der Waals surface area contributed by atoms with Crippen molar-refractivity contribution in [3.8, 4) is 5.75 Å². The molecule has 0 saturated carbocycles. The maximum Gasteiger partial charge on any atom is 0.255 e. The van der Waals surface area contributed by atoms with Gasteiger partial charge in [-0.3, -0.25) is 9.59 Å². The van der Waals surface area contributed by atoms with Crippen molar-refractivity contribution in [2.45, 2.75) is 23.5 Å². The molecule has 1 atom stereocenters. The smallest absolute Gasteiger partial charge is 0.255 e. The van der Waals surface area contributed by atoms with Crippen LogP contribution in [0.2, 0.25) is 15.1 Å². The molecule has 196 valence electrons. The summed E-state index contributed by atoms with van der Waals surface area (Å²) in [5, 5.41) is 14.4. The molecule has 0 aliphatic heterocycles. The number of halogens is 3. The standard InChI is InChI=1S/C25H24Cl3N3O5S/c1-4-23(37(35,36)16-8-6-15(7-9-16)31(2)3)25(34)29-20-13-22(32)21(12-19(20)28)30-24(33)14-5-10-17(26)18(27)11-14/h5-13,23,32H,4H2,1-3H3,(H,29,34)(H,30,33). The first-order valence-corrected chi connectivity index (χ1v) is 13.6. The zero-order valence-electron chi connectivity index (χ0n) is 20.1. The molecular weight excluding hydrogens is 561 g/mol. The van der Waals surface area contributed by atoms with Crippen molar-refractivity contribution in [2.24, 2.45) is 0 Å². The topological polar surface area (TPSA) is 116 Å². The van der Waals surface area contributed by atoms with Gasteiger partial charge in [0, 0.05) is 31.4 Å². The first-order chi connectivity index (χ1) is 17.3. The second-order valence-corrected chi connectivity index (χ2v) is 11.6. The molecule has 3 aromatic carbocycles. The summed E-state index contributed by atoms with van der Waals surface area (Å²) < 4.78 is 26.3. The van der Waals surface area contributed by atoms with Gasteiger partial charge in [0.2, 0.25) is 5.91 Å². The van der Waals surface area contributed by atoms with Crippen LogP contribution in [0.3, 0.4) is 0 Å². The number of hydrogen-bond acceptors (Lipinski definition) is 6. The van der Waals surface area contributed by atoms with Crippen LogP contribution in [0.5, 0.6) is 5.75 Å². The predicted molar refractivity (Wildman–Crippen MR) is 148 cm³/mol. The molecule has 8 nitrogen and oxygen atoms in total. The summed E-state index contributed by atoms with van der Waals surface area (Å²) in [5.41, 5.74) is 0.954. The molecular formula is C25H24Cl3N3O5S. The first kappa shape index (κ1) is 28.6. The molecule has 0 fully saturated rings. The third kappa shape index (κ3) is 6.48. The van der Waals surface area contributed by atoms with Gasteiger partial charge in [-0.1, -0.05) is 41.7 Å². The van der Waals surface area contributed by atoms with Gasteiger partial charge < -0.3 is 20.6 Å². The average molecular weight is 585 g/mol. The number of carbonyl (C=O) groups is 2. The highest BCUT2D eigenvalue weighted by Crippen LogP contribution is 2.35. The Hall–Kier alpha value is -2.98. The Labute approximate surface area is 230 Å². The molecule has 0 radical (unpaired) electrons. The zero-order chi connectivity index (χ0) is 27.5. The van der Waals surface area contributed by atoms with Crippen LogP contribution in [0.15, 0.2) is 59.5 Å². The molecule has 0 spiro atoms. The number of phenolic OH excluding ortho intramolecular Hbond substituents is 1. The van der Waals surface area contributed by atoms with E-state index in [9.17, 15) is 23.1 Å². The van der Waals surface area contributed by atoms with E-state index in [0.29, 0.717) is 0 Å². The fraction of sp³-hybridized carbons (Fsp3) is 0.200. The number of amides is 2. The van der Waals surface area contributed by atoms with Gasteiger partial charge in [-0.25, -0.2) is 8.42 Å². The molecule has 0 saturated heterocycles. The van der Waals surface area contributed by atoms with E-state index in [0.717, 1.165) is 11.8 Å². The number of sulfone groups is 1. The molecule has 1 unspecified atom stereocenters. The zero-order valence-corrected chi connectivity index (χ0v) is 23.1. The number of phenols is 1. The van der Waals surface area contributed by atoms with Gasteiger partial charge in [-0.15, -0.1) is 0 Å². The van der Waals surface area contributed by atoms with Crippen molar-refractivity contribution in [3.05, 3.63) is 75.2 Å². The molecule has 2 amide bonds. The van der Waals surface area contributed by atoms with Crippen molar-refractivity contribution in [3.63, 3.8) is 0 Å². The second-order valence-electron chi connectivity index (χ2n) is 8.25. The van der Waals surface area contributed by atoms with E-state index in [1.54, 1.807) is 19.1 Å². The highest BCUT2D eigenvalue weighted by molar-refractivity contribution is 7.92. The summed E-state index contributed by atoms with van der Waals surface area (Å²) in [5.74, 6) is -1.80. The Morgan fingerprint density at radius 3 is 2.11 bits per heavy atom. The van der Waals surface area contributed by atoms with Gasteiger partial charge in [0.15, 0.2) is 9.84 Å². The maximum absolute atomic E-state index is 13.2. The SMILES string of the molecule is CCC(C(=O)Nc1cc(O)c(NC(=O)c2ccc(Cl)c(Cl)c2)cc1Cl)S(=O)(=O)c1ccc(N(C)C)cc1. The van der Waals surface area contributed by atoms with Gasteiger partial charge in [0.1, 0.15) is 11.0 Å². The summed E-state index contributed by atoms with van der Waals surface area (Å²) in [6, 6.07) is 12.8. The Morgan fingerprint density at radius 2 is 1.54 bits per heavy atom. The fourth-order valence-corrected chi connectivity index (χ4v) is 5.58. The van der Waals surface area contributed by atoms with Gasteiger partial charge in [0.05, 0.1) is 31.3 Å². The summed E-state index contributed by atoms with van der Waals surface area (Å²) >= 11 is 18.1. The molecule has 3 rings (SSSR count). The molecule has 0 bridgehead atoms. The van der Waals surface area contributed by atoms with Gasteiger partial charge >= 0.3 is 0 Å². The van der Waals surface area contributed by atoms with Crippen molar-refractivity contribution in [1.82, 2.24) is 0 Å². The number of nitrogens with zero attached hydrogens (tertiary/aromatic N) is 1. The lowest BCUT2D eigenvalue weighted by Gasteiger charge is -2.18. The molecule has 0 aliphatic carbocycles. The molecule has 0 aromatic heterocycles. The number of anilines is 3. The molecule has 12 heteroatoms. The van der Waals surface area contributed by atoms with Crippen LogP contribution in [0.1, 0.15) is 23.7 Å². The summed E-state index contributed by atoms with van der Waals surface area (Å²) in [6.07, 6.45) is 0.00495. The number of aromatic hydroxyl groups is 1. The van der Waals surface area contributed by atoms with Gasteiger partial charge in [0.25, 0.3) is 5.91 Å². The first-order valence-electron chi connectivity index (χ1n) is 11.0. The van der Waals surface area contributed by atoms with Crippen molar-refractivity contribution < 1.29 is 23.1 Å². The highest BCUT2D eigenvalue weighted by atomic mass is 35.5. The van der Waals surface area contributed by atoms with Crippen molar-refractivity contribution in [1.29, 1.82) is 0 Å². The Balaban J connectivity index is 1.80. The molecule has 0 aliphatic rings. The van der Waals surface area contributed by atoms with E-state index in [1.807, 2.05) is 19.0 Å². The number of nitrogens with one attached hydrogen (secondary N) is 2. The van der Waals surface area contributed by atoms with Gasteiger partial charge in [-0.05, 0) is 55.0 Å². The van der Waals surface area contributed by atoms with Gasteiger partial charge in [-0.2, -0.15) is 0 Å². The molecule has 3 N–H and O–H groups in total. The average Bonchev–Trinajstić information content (AvgIpc) is 2.84. The number of hydrogen-bond donors (Lipinski definition) is 3. The van der Waals surface area contributed by atoms with Crippen LogP contribution in [0.4, 0.5) is 17.1 Å². The predicted octanol–water partition coefficient (Wildman–Crippen LogP) is 5.86. The highest BCUT2D eigenvalue weighted by Gasteiger charge is 2.33. The summed E-state index contributed by atoms with van der Waals surface area (Å²) in [6.45, 7) is 1.58. The lowest BCUT2D eigenvalue weighted by atomic mass is 10.2. The number of rotatable bonds is 8. The fourth-order valence-electron chi connectivity index (χ4n) is 3.45. The molecule has 3 aromatic rings. The van der Waals surface area contributed by atoms with E-state index in [1.165, 1.54) is 36.4 Å². The van der Waals surface area contributed by atoms with Crippen LogP contribution < -0.4 is 15.5 Å². The summed E-state index contributed by atoms with van der Waals surface area (Å²) in [4.78, 5) is 27.3.